The maximum atomic E-state index is 10.4. The average Bonchev–Trinajstić information content (AvgIpc) is 3.23. The van der Waals surface area contributed by atoms with Crippen molar-refractivity contribution in [2.75, 3.05) is 0 Å². The highest BCUT2D eigenvalue weighted by Gasteiger charge is 2.04. The molecule has 1 atom stereocenters. The van der Waals surface area contributed by atoms with Gasteiger partial charge in [0.15, 0.2) is 0 Å². The van der Waals surface area contributed by atoms with Crippen LogP contribution < -0.4 is 0 Å². The smallest absolute Gasteiger partial charge is 0.0540 e. The van der Waals surface area contributed by atoms with E-state index in [1.54, 1.807) is 0 Å². The lowest BCUT2D eigenvalue weighted by Crippen LogP contribution is -2.05. The summed E-state index contributed by atoms with van der Waals surface area (Å²) in [6.07, 6.45) is 80.4. The maximum Gasteiger partial charge on any atom is 0.0540 e. The monoisotopic (exact) mass is 811 g/mol. The predicted octanol–water partition coefficient (Wildman–Crippen LogP) is 20.8. The van der Waals surface area contributed by atoms with Gasteiger partial charge in [-0.2, -0.15) is 0 Å². The first-order chi connectivity index (χ1) is 28.8. The number of rotatable bonds is 51. The van der Waals surface area contributed by atoms with Gasteiger partial charge >= 0.3 is 0 Å². The highest BCUT2D eigenvalue weighted by molar-refractivity contribution is 4.92. The van der Waals surface area contributed by atoms with E-state index < -0.39 is 0 Å². The molecule has 344 valence electrons. The van der Waals surface area contributed by atoms with Gasteiger partial charge in [-0.3, -0.25) is 0 Å². The number of unbranched alkanes of at least 4 members (excludes halogenated alkanes) is 41. The highest BCUT2D eigenvalue weighted by Crippen LogP contribution is 2.18. The molecule has 0 fully saturated rings. The Balaban J connectivity index is 3.23. The van der Waals surface area contributed by atoms with E-state index in [1.165, 1.54) is 289 Å². The molecule has 0 heterocycles. The van der Waals surface area contributed by atoms with Crippen molar-refractivity contribution in [3.8, 4) is 0 Å². The van der Waals surface area contributed by atoms with Gasteiger partial charge in [-0.1, -0.05) is 288 Å². The quantitative estimate of drug-likeness (QED) is 0.0479. The van der Waals surface area contributed by atoms with E-state index in [2.05, 4.69) is 50.3 Å². The minimum Gasteiger partial charge on any atom is -0.393 e. The molecule has 0 saturated heterocycles. The van der Waals surface area contributed by atoms with E-state index in [-0.39, 0.29) is 6.10 Å². The molecule has 0 amide bonds. The molecule has 1 unspecified atom stereocenters. The van der Waals surface area contributed by atoms with Crippen molar-refractivity contribution in [3.05, 3.63) is 36.5 Å². The lowest BCUT2D eigenvalue weighted by Gasteiger charge is -2.10. The summed E-state index contributed by atoms with van der Waals surface area (Å²) in [5.74, 6) is 0. The van der Waals surface area contributed by atoms with Crippen LogP contribution in [0.2, 0.25) is 0 Å². The fourth-order valence-electron chi connectivity index (χ4n) is 8.68. The molecule has 0 aliphatic rings. The Labute approximate surface area is 368 Å². The van der Waals surface area contributed by atoms with Gasteiger partial charge < -0.3 is 5.11 Å². The Morgan fingerprint density at radius 1 is 0.241 bits per heavy atom. The van der Waals surface area contributed by atoms with Crippen LogP contribution >= 0.6 is 0 Å². The van der Waals surface area contributed by atoms with Crippen LogP contribution in [0.5, 0.6) is 0 Å². The van der Waals surface area contributed by atoms with Crippen LogP contribution in [0.3, 0.4) is 0 Å². The van der Waals surface area contributed by atoms with Gasteiger partial charge in [-0.25, -0.2) is 0 Å². The molecule has 0 aliphatic carbocycles. The predicted molar refractivity (Wildman–Crippen MR) is 266 cm³/mol. The summed E-state index contributed by atoms with van der Waals surface area (Å²) >= 11 is 0. The van der Waals surface area contributed by atoms with Crippen molar-refractivity contribution >= 4 is 0 Å². The second-order valence-electron chi connectivity index (χ2n) is 18.8. The zero-order chi connectivity index (χ0) is 41.8. The second-order valence-corrected chi connectivity index (χ2v) is 18.8. The molecule has 0 bridgehead atoms. The van der Waals surface area contributed by atoms with E-state index in [0.717, 1.165) is 19.3 Å². The molecule has 0 aromatic carbocycles. The summed E-state index contributed by atoms with van der Waals surface area (Å²) in [6, 6.07) is 0. The van der Waals surface area contributed by atoms with Gasteiger partial charge in [0.25, 0.3) is 0 Å². The van der Waals surface area contributed by atoms with Crippen LogP contribution in [-0.2, 0) is 0 Å². The highest BCUT2D eigenvalue weighted by atomic mass is 16.3. The molecule has 1 nitrogen and oxygen atoms in total. The molecule has 0 aromatic heterocycles. The molecular weight excluding hydrogens is 701 g/mol. The number of hydrogen-bond acceptors (Lipinski definition) is 1. The summed E-state index contributed by atoms with van der Waals surface area (Å²) in [5.41, 5.74) is 0. The number of aliphatic hydroxyl groups is 1. The summed E-state index contributed by atoms with van der Waals surface area (Å²) in [6.45, 7) is 4.60. The second kappa shape index (κ2) is 54.2. The molecule has 0 spiro atoms. The van der Waals surface area contributed by atoms with Crippen molar-refractivity contribution < 1.29 is 5.11 Å². The first-order valence-corrected chi connectivity index (χ1v) is 27.4. The number of allylic oxidation sites excluding steroid dienone is 6. The summed E-state index contributed by atoms with van der Waals surface area (Å²) < 4.78 is 0. The van der Waals surface area contributed by atoms with Gasteiger partial charge in [0.2, 0.25) is 0 Å². The molecule has 0 aliphatic heterocycles. The normalized spacial score (nSPS) is 12.7. The van der Waals surface area contributed by atoms with Crippen LogP contribution in [0.4, 0.5) is 0 Å². The Kier molecular flexibility index (Phi) is 53.4. The Hall–Kier alpha value is -0.820. The van der Waals surface area contributed by atoms with Crippen molar-refractivity contribution in [2.45, 2.75) is 328 Å². The number of aliphatic hydroxyl groups excluding tert-OH is 1. The lowest BCUT2D eigenvalue weighted by molar-refractivity contribution is 0.147. The van der Waals surface area contributed by atoms with Gasteiger partial charge in [0.1, 0.15) is 0 Å². The SMILES string of the molecule is CCCCCCCCCCCCCCCC=CCC=CCCCCCCC=CCCCCCCCCCCCCCC(O)CCCCCCCCCCCCCCC. The molecule has 0 radical (unpaired) electrons. The van der Waals surface area contributed by atoms with Crippen molar-refractivity contribution in [3.63, 3.8) is 0 Å². The van der Waals surface area contributed by atoms with E-state index in [0.29, 0.717) is 0 Å². The zero-order valence-corrected chi connectivity index (χ0v) is 40.4. The van der Waals surface area contributed by atoms with E-state index in [4.69, 9.17) is 0 Å². The standard InChI is InChI=1S/C57H110O/c1-3-5-7-9-11-13-15-17-18-19-20-21-22-23-24-25-26-27-28-29-30-31-32-33-34-35-36-37-38-39-40-41-42-44-46-48-50-52-54-56-57(58)55-53-51-49-47-45-43-16-14-12-10-8-6-4-2/h24-25,27-28,35-36,57-58H,3-23,26,29-34,37-56H2,1-2H3. The fourth-order valence-corrected chi connectivity index (χ4v) is 8.68. The van der Waals surface area contributed by atoms with Crippen molar-refractivity contribution in [2.24, 2.45) is 0 Å². The van der Waals surface area contributed by atoms with Crippen LogP contribution in [0.25, 0.3) is 0 Å². The topological polar surface area (TPSA) is 20.2 Å². The molecule has 0 aromatic rings. The summed E-state index contributed by atoms with van der Waals surface area (Å²) in [4.78, 5) is 0. The van der Waals surface area contributed by atoms with Crippen LogP contribution in [-0.4, -0.2) is 11.2 Å². The minimum absolute atomic E-state index is 0.0439. The maximum absolute atomic E-state index is 10.4. The molecule has 1 N–H and O–H groups in total. The first kappa shape index (κ1) is 57.2. The van der Waals surface area contributed by atoms with E-state index >= 15 is 0 Å². The third-order valence-electron chi connectivity index (χ3n) is 12.8. The molecular formula is C57H110O. The van der Waals surface area contributed by atoms with Gasteiger partial charge in [-0.15, -0.1) is 0 Å². The number of hydrogen-bond donors (Lipinski definition) is 1. The van der Waals surface area contributed by atoms with Gasteiger partial charge in [-0.05, 0) is 70.6 Å². The van der Waals surface area contributed by atoms with Crippen LogP contribution in [0.1, 0.15) is 322 Å². The lowest BCUT2D eigenvalue weighted by atomic mass is 10.0. The largest absolute Gasteiger partial charge is 0.393 e. The Morgan fingerprint density at radius 3 is 0.672 bits per heavy atom. The Morgan fingerprint density at radius 2 is 0.431 bits per heavy atom. The van der Waals surface area contributed by atoms with E-state index in [1.807, 2.05) is 0 Å². The van der Waals surface area contributed by atoms with Crippen molar-refractivity contribution in [1.82, 2.24) is 0 Å². The third kappa shape index (κ3) is 53.2. The molecule has 0 rings (SSSR count). The summed E-state index contributed by atoms with van der Waals surface area (Å²) in [5, 5.41) is 10.4. The minimum atomic E-state index is -0.0439. The Bertz CT molecular complexity index is 793. The fraction of sp³-hybridized carbons (Fsp3) is 0.895. The molecule has 0 saturated carbocycles. The van der Waals surface area contributed by atoms with E-state index in [9.17, 15) is 5.11 Å². The van der Waals surface area contributed by atoms with Crippen LogP contribution in [0.15, 0.2) is 36.5 Å². The van der Waals surface area contributed by atoms with Crippen molar-refractivity contribution in [1.29, 1.82) is 0 Å². The molecule has 1 heteroatoms. The third-order valence-corrected chi connectivity index (χ3v) is 12.8. The first-order valence-electron chi connectivity index (χ1n) is 27.4. The zero-order valence-electron chi connectivity index (χ0n) is 40.4. The van der Waals surface area contributed by atoms with Crippen LogP contribution in [0, 0.1) is 0 Å². The van der Waals surface area contributed by atoms with Gasteiger partial charge in [0, 0.05) is 0 Å². The van der Waals surface area contributed by atoms with Gasteiger partial charge in [0.05, 0.1) is 6.10 Å². The average molecular weight is 812 g/mol. The molecule has 58 heavy (non-hydrogen) atoms. The summed E-state index contributed by atoms with van der Waals surface area (Å²) in [7, 11) is 0.